The lowest BCUT2D eigenvalue weighted by molar-refractivity contribution is 0.654. The van der Waals surface area contributed by atoms with Crippen molar-refractivity contribution in [3.05, 3.63) is 28.9 Å². The number of hydrogen-bond donors (Lipinski definition) is 2. The Bertz CT molecular complexity index is 401. The maximum Gasteiger partial charge on any atom is 0.130 e. The summed E-state index contributed by atoms with van der Waals surface area (Å²) in [6, 6.07) is 1.99. The van der Waals surface area contributed by atoms with Gasteiger partial charge < -0.3 is 11.5 Å². The molecule has 3 nitrogen and oxygen atoms in total. The number of anilines is 1. The van der Waals surface area contributed by atoms with Crippen LogP contribution in [0.15, 0.2) is 18.3 Å². The van der Waals surface area contributed by atoms with Gasteiger partial charge in [0.25, 0.3) is 0 Å². The fraction of sp³-hybridized carbons (Fsp3) is 0.364. The highest BCUT2D eigenvalue weighted by atomic mass is 35.5. The third-order valence-corrected chi connectivity index (χ3v) is 2.84. The highest BCUT2D eigenvalue weighted by Crippen LogP contribution is 2.30. The Hall–Kier alpha value is -1.06. The van der Waals surface area contributed by atoms with E-state index in [1.807, 2.05) is 6.07 Å². The van der Waals surface area contributed by atoms with Crippen molar-refractivity contribution in [2.24, 2.45) is 5.73 Å². The van der Waals surface area contributed by atoms with Crippen LogP contribution in [0.4, 0.5) is 5.82 Å². The molecule has 1 unspecified atom stereocenters. The third-order valence-electron chi connectivity index (χ3n) is 2.63. The first-order valence-electron chi connectivity index (χ1n) is 5.04. The molecular weight excluding hydrogens is 210 g/mol. The fourth-order valence-corrected chi connectivity index (χ4v) is 2.04. The molecule has 1 aliphatic carbocycles. The standard InChI is InChI=1S/C11H14ClN3/c12-8-5-10(11(14)15-6-8)7-2-1-3-9(13)4-7/h4-6,9H,1-3,13H2,(H2,14,15). The molecule has 2 rings (SSSR count). The molecule has 15 heavy (non-hydrogen) atoms. The second-order valence-electron chi connectivity index (χ2n) is 3.83. The second kappa shape index (κ2) is 4.21. The number of rotatable bonds is 1. The van der Waals surface area contributed by atoms with Crippen LogP contribution in [-0.4, -0.2) is 11.0 Å². The van der Waals surface area contributed by atoms with E-state index in [2.05, 4.69) is 11.1 Å². The van der Waals surface area contributed by atoms with E-state index < -0.39 is 0 Å². The Labute approximate surface area is 94.1 Å². The van der Waals surface area contributed by atoms with Gasteiger partial charge in [-0.3, -0.25) is 0 Å². The molecule has 0 amide bonds. The van der Waals surface area contributed by atoms with Gasteiger partial charge in [-0.2, -0.15) is 0 Å². The van der Waals surface area contributed by atoms with E-state index in [0.29, 0.717) is 10.8 Å². The van der Waals surface area contributed by atoms with Gasteiger partial charge in [0.2, 0.25) is 0 Å². The highest BCUT2D eigenvalue weighted by molar-refractivity contribution is 6.30. The van der Waals surface area contributed by atoms with Crippen LogP contribution in [0.25, 0.3) is 5.57 Å². The normalized spacial score (nSPS) is 21.2. The molecule has 0 saturated carbocycles. The van der Waals surface area contributed by atoms with Crippen LogP contribution in [0.1, 0.15) is 24.8 Å². The molecule has 1 atom stereocenters. The average molecular weight is 224 g/mol. The summed E-state index contributed by atoms with van der Waals surface area (Å²) in [5.74, 6) is 0.528. The summed E-state index contributed by atoms with van der Waals surface area (Å²) in [6.07, 6.45) is 6.76. The van der Waals surface area contributed by atoms with Crippen molar-refractivity contribution in [3.8, 4) is 0 Å². The molecule has 0 radical (unpaired) electrons. The molecule has 4 heteroatoms. The van der Waals surface area contributed by atoms with Crippen molar-refractivity contribution in [2.75, 3.05) is 5.73 Å². The number of nitrogens with two attached hydrogens (primary N) is 2. The molecule has 1 heterocycles. The van der Waals surface area contributed by atoms with Crippen LogP contribution >= 0.6 is 11.6 Å². The molecule has 0 fully saturated rings. The summed E-state index contributed by atoms with van der Waals surface area (Å²) in [6.45, 7) is 0. The zero-order valence-corrected chi connectivity index (χ0v) is 9.17. The number of hydrogen-bond acceptors (Lipinski definition) is 3. The van der Waals surface area contributed by atoms with Gasteiger partial charge >= 0.3 is 0 Å². The van der Waals surface area contributed by atoms with Gasteiger partial charge in [-0.15, -0.1) is 0 Å². The van der Waals surface area contributed by atoms with Crippen LogP contribution in [0.3, 0.4) is 0 Å². The predicted molar refractivity (Wildman–Crippen MR) is 63.5 cm³/mol. The van der Waals surface area contributed by atoms with Crippen molar-refractivity contribution in [1.29, 1.82) is 0 Å². The summed E-state index contributed by atoms with van der Waals surface area (Å²) in [7, 11) is 0. The van der Waals surface area contributed by atoms with E-state index in [4.69, 9.17) is 23.1 Å². The lowest BCUT2D eigenvalue weighted by atomic mass is 9.91. The Morgan fingerprint density at radius 2 is 2.27 bits per heavy atom. The van der Waals surface area contributed by atoms with Crippen LogP contribution < -0.4 is 11.5 Å². The van der Waals surface area contributed by atoms with E-state index in [1.165, 1.54) is 5.57 Å². The minimum Gasteiger partial charge on any atom is -0.383 e. The van der Waals surface area contributed by atoms with E-state index in [9.17, 15) is 0 Å². The quantitative estimate of drug-likeness (QED) is 0.767. The lowest BCUT2D eigenvalue weighted by Crippen LogP contribution is -2.20. The van der Waals surface area contributed by atoms with Crippen molar-refractivity contribution in [3.63, 3.8) is 0 Å². The molecule has 0 aromatic carbocycles. The SMILES string of the molecule is Nc1ncc(Cl)cc1C1=CC(N)CCC1. The van der Waals surface area contributed by atoms with Gasteiger partial charge in [-0.05, 0) is 30.9 Å². The number of pyridine rings is 1. The van der Waals surface area contributed by atoms with Gasteiger partial charge in [0.15, 0.2) is 0 Å². The molecule has 0 aliphatic heterocycles. The molecule has 80 valence electrons. The minimum absolute atomic E-state index is 0.132. The summed E-state index contributed by atoms with van der Waals surface area (Å²) < 4.78 is 0. The van der Waals surface area contributed by atoms with Crippen LogP contribution in [0.5, 0.6) is 0 Å². The molecule has 0 saturated heterocycles. The molecule has 0 spiro atoms. The minimum atomic E-state index is 0.132. The summed E-state index contributed by atoms with van der Waals surface area (Å²) in [5, 5.41) is 0.610. The van der Waals surface area contributed by atoms with E-state index in [0.717, 1.165) is 24.8 Å². The maximum atomic E-state index is 5.90. The first kappa shape index (κ1) is 10.5. The van der Waals surface area contributed by atoms with Crippen LogP contribution in [0, 0.1) is 0 Å². The van der Waals surface area contributed by atoms with E-state index in [-0.39, 0.29) is 6.04 Å². The molecular formula is C11H14ClN3. The van der Waals surface area contributed by atoms with Gasteiger partial charge in [-0.1, -0.05) is 17.7 Å². The van der Waals surface area contributed by atoms with Crippen molar-refractivity contribution < 1.29 is 0 Å². The molecule has 4 N–H and O–H groups in total. The Kier molecular flexibility index (Phi) is 2.93. The highest BCUT2D eigenvalue weighted by Gasteiger charge is 2.14. The topological polar surface area (TPSA) is 64.9 Å². The van der Waals surface area contributed by atoms with Crippen molar-refractivity contribution in [2.45, 2.75) is 25.3 Å². The number of aromatic nitrogens is 1. The van der Waals surface area contributed by atoms with E-state index in [1.54, 1.807) is 6.20 Å². The summed E-state index contributed by atoms with van der Waals surface area (Å²) in [4.78, 5) is 4.04. The van der Waals surface area contributed by atoms with Crippen LogP contribution in [0.2, 0.25) is 5.02 Å². The molecule has 1 aliphatic rings. The van der Waals surface area contributed by atoms with Crippen LogP contribution in [-0.2, 0) is 0 Å². The van der Waals surface area contributed by atoms with Gasteiger partial charge in [0.1, 0.15) is 5.82 Å². The predicted octanol–water partition coefficient (Wildman–Crippen LogP) is 2.21. The molecule has 1 aromatic rings. The van der Waals surface area contributed by atoms with E-state index >= 15 is 0 Å². The Morgan fingerprint density at radius 1 is 1.47 bits per heavy atom. The average Bonchev–Trinajstić information content (AvgIpc) is 2.22. The molecule has 1 aromatic heterocycles. The fourth-order valence-electron chi connectivity index (χ4n) is 1.88. The second-order valence-corrected chi connectivity index (χ2v) is 4.27. The Morgan fingerprint density at radius 3 is 3.00 bits per heavy atom. The number of nitrogen functional groups attached to an aromatic ring is 1. The van der Waals surface area contributed by atoms with Gasteiger partial charge in [0, 0.05) is 17.8 Å². The molecule has 0 bridgehead atoms. The monoisotopic (exact) mass is 223 g/mol. The number of nitrogens with zero attached hydrogens (tertiary/aromatic N) is 1. The smallest absolute Gasteiger partial charge is 0.130 e. The van der Waals surface area contributed by atoms with Crippen molar-refractivity contribution >= 4 is 23.0 Å². The third kappa shape index (κ3) is 2.30. The number of halogens is 1. The van der Waals surface area contributed by atoms with Gasteiger partial charge in [-0.25, -0.2) is 4.98 Å². The summed E-state index contributed by atoms with van der Waals surface area (Å²) >= 11 is 5.90. The Balaban J connectivity index is 2.40. The maximum absolute atomic E-state index is 5.90. The van der Waals surface area contributed by atoms with Crippen molar-refractivity contribution in [1.82, 2.24) is 4.98 Å². The lowest BCUT2D eigenvalue weighted by Gasteiger charge is -2.18. The largest absolute Gasteiger partial charge is 0.383 e. The zero-order valence-electron chi connectivity index (χ0n) is 8.41. The zero-order chi connectivity index (χ0) is 10.8. The first-order chi connectivity index (χ1) is 7.16. The first-order valence-corrected chi connectivity index (χ1v) is 5.42. The summed E-state index contributed by atoms with van der Waals surface area (Å²) in [5.41, 5.74) is 13.8. The number of allylic oxidation sites excluding steroid dienone is 1. The van der Waals surface area contributed by atoms with Gasteiger partial charge in [0.05, 0.1) is 5.02 Å².